The van der Waals surface area contributed by atoms with Crippen LogP contribution < -0.4 is 0 Å². The third-order valence-corrected chi connectivity index (χ3v) is 4.28. The van der Waals surface area contributed by atoms with Gasteiger partial charge in [0.1, 0.15) is 4.90 Å². The molecule has 0 amide bonds. The molecule has 0 fully saturated rings. The summed E-state index contributed by atoms with van der Waals surface area (Å²) < 4.78 is 28.6. The van der Waals surface area contributed by atoms with E-state index in [-0.39, 0.29) is 9.56 Å². The summed E-state index contributed by atoms with van der Waals surface area (Å²) in [5.74, 6) is -1.84. The highest BCUT2D eigenvalue weighted by molar-refractivity contribution is 9.10. The average Bonchev–Trinajstić information content (AvgIpc) is 2.59. The average molecular weight is 314 g/mol. The molecule has 1 heterocycles. The Kier molecular flexibility index (Phi) is 3.73. The van der Waals surface area contributed by atoms with E-state index in [1.165, 1.54) is 14.2 Å². The van der Waals surface area contributed by atoms with Crippen molar-refractivity contribution in [2.45, 2.75) is 4.90 Å². The maximum absolute atomic E-state index is 11.7. The largest absolute Gasteiger partial charge is 0.475 e. The molecular weight excluding hydrogens is 306 g/mol. The van der Waals surface area contributed by atoms with Crippen molar-refractivity contribution in [3.63, 3.8) is 0 Å². The fourth-order valence-electron chi connectivity index (χ4n) is 0.870. The number of hydrogen-bond donors (Lipinski definition) is 1. The summed E-state index contributed by atoms with van der Waals surface area (Å²) in [6, 6.07) is 0.900. The molecule has 0 radical (unpaired) electrons. The molecule has 1 rings (SSSR count). The Morgan fingerprint density at radius 3 is 2.56 bits per heavy atom. The van der Waals surface area contributed by atoms with Crippen LogP contribution in [0.2, 0.25) is 0 Å². The fourth-order valence-corrected chi connectivity index (χ4v) is 2.75. The molecule has 1 N–H and O–H groups in total. The highest BCUT2D eigenvalue weighted by Gasteiger charge is 2.28. The number of nitrogens with zero attached hydrogens (tertiary/aromatic N) is 1. The van der Waals surface area contributed by atoms with Gasteiger partial charge in [0.25, 0.3) is 10.0 Å². The van der Waals surface area contributed by atoms with Gasteiger partial charge < -0.3 is 9.52 Å². The number of carbonyl (C=O) groups is 1. The summed E-state index contributed by atoms with van der Waals surface area (Å²) >= 11 is 2.83. The standard InChI is InChI=1S/C7H8BrNO6S/c1-9(14-2)16(12,13)5-3-4(7(10)11)15-6(5)8/h3H,1-2H3,(H,10,11). The Morgan fingerprint density at radius 1 is 1.62 bits per heavy atom. The van der Waals surface area contributed by atoms with Crippen molar-refractivity contribution < 1.29 is 27.6 Å². The summed E-state index contributed by atoms with van der Waals surface area (Å²) in [6.07, 6.45) is 0. The molecule has 0 bridgehead atoms. The Bertz CT molecular complexity index is 507. The third-order valence-electron chi connectivity index (χ3n) is 1.74. The topological polar surface area (TPSA) is 97.0 Å². The van der Waals surface area contributed by atoms with Crippen LogP contribution in [0.1, 0.15) is 10.6 Å². The molecule has 0 saturated heterocycles. The summed E-state index contributed by atoms with van der Waals surface area (Å²) in [5, 5.41) is 8.63. The first kappa shape index (κ1) is 13.2. The molecular formula is C7H8BrNO6S. The van der Waals surface area contributed by atoms with Crippen LogP contribution in [0.5, 0.6) is 0 Å². The molecule has 0 unspecified atom stereocenters. The molecule has 90 valence electrons. The van der Waals surface area contributed by atoms with Crippen molar-refractivity contribution >= 4 is 31.9 Å². The van der Waals surface area contributed by atoms with E-state index in [4.69, 9.17) is 9.52 Å². The number of aromatic carboxylic acids is 1. The first-order valence-corrected chi connectivity index (χ1v) is 6.09. The van der Waals surface area contributed by atoms with Gasteiger partial charge in [0, 0.05) is 13.1 Å². The van der Waals surface area contributed by atoms with Crippen LogP contribution in [-0.2, 0) is 14.9 Å². The van der Waals surface area contributed by atoms with Gasteiger partial charge in [-0.25, -0.2) is 13.2 Å². The van der Waals surface area contributed by atoms with Crippen molar-refractivity contribution in [2.24, 2.45) is 0 Å². The molecule has 0 aliphatic heterocycles. The molecule has 0 atom stereocenters. The Labute approximate surface area is 99.7 Å². The molecule has 0 saturated carbocycles. The second-order valence-corrected chi connectivity index (χ2v) is 5.28. The zero-order valence-electron chi connectivity index (χ0n) is 8.30. The molecule has 0 aliphatic rings. The van der Waals surface area contributed by atoms with Gasteiger partial charge in [0.05, 0.1) is 7.11 Å². The summed E-state index contributed by atoms with van der Waals surface area (Å²) in [4.78, 5) is 14.8. The van der Waals surface area contributed by atoms with Gasteiger partial charge in [-0.05, 0) is 15.9 Å². The van der Waals surface area contributed by atoms with E-state index in [1.807, 2.05) is 0 Å². The van der Waals surface area contributed by atoms with E-state index in [0.717, 1.165) is 6.07 Å². The molecule has 1 aromatic rings. The van der Waals surface area contributed by atoms with Gasteiger partial charge in [-0.2, -0.15) is 0 Å². The minimum absolute atomic E-state index is 0.186. The van der Waals surface area contributed by atoms with E-state index in [2.05, 4.69) is 20.8 Å². The minimum Gasteiger partial charge on any atom is -0.475 e. The predicted octanol–water partition coefficient (Wildman–Crippen LogP) is 0.922. The van der Waals surface area contributed by atoms with Crippen LogP contribution in [-0.4, -0.2) is 38.1 Å². The second-order valence-electron chi connectivity index (χ2n) is 2.65. The number of furan rings is 1. The number of carboxylic acids is 1. The number of carboxylic acid groups (broad SMARTS) is 1. The van der Waals surface area contributed by atoms with Crippen molar-refractivity contribution in [2.75, 3.05) is 14.2 Å². The van der Waals surface area contributed by atoms with Crippen LogP contribution >= 0.6 is 15.9 Å². The van der Waals surface area contributed by atoms with Crippen molar-refractivity contribution in [3.8, 4) is 0 Å². The SMILES string of the molecule is CON(C)S(=O)(=O)c1cc(C(=O)O)oc1Br. The number of sulfonamides is 1. The fraction of sp³-hybridized carbons (Fsp3) is 0.286. The van der Waals surface area contributed by atoms with Crippen LogP contribution in [0.25, 0.3) is 0 Å². The Balaban J connectivity index is 3.29. The van der Waals surface area contributed by atoms with Gasteiger partial charge >= 0.3 is 5.97 Å². The van der Waals surface area contributed by atoms with E-state index < -0.39 is 21.8 Å². The quantitative estimate of drug-likeness (QED) is 0.830. The highest BCUT2D eigenvalue weighted by Crippen LogP contribution is 2.28. The number of hydrogen-bond acceptors (Lipinski definition) is 5. The number of rotatable bonds is 4. The molecule has 0 spiro atoms. The zero-order valence-corrected chi connectivity index (χ0v) is 10.7. The minimum atomic E-state index is -3.93. The zero-order chi connectivity index (χ0) is 12.5. The van der Waals surface area contributed by atoms with Crippen LogP contribution in [0, 0.1) is 0 Å². The van der Waals surface area contributed by atoms with E-state index in [9.17, 15) is 13.2 Å². The van der Waals surface area contributed by atoms with Crippen molar-refractivity contribution in [1.82, 2.24) is 4.47 Å². The smallest absolute Gasteiger partial charge is 0.371 e. The molecule has 7 nitrogen and oxygen atoms in total. The lowest BCUT2D eigenvalue weighted by Crippen LogP contribution is -2.25. The van der Waals surface area contributed by atoms with Gasteiger partial charge in [0.2, 0.25) is 5.76 Å². The van der Waals surface area contributed by atoms with Crippen LogP contribution in [0.4, 0.5) is 0 Å². The van der Waals surface area contributed by atoms with E-state index in [0.29, 0.717) is 4.47 Å². The maximum Gasteiger partial charge on any atom is 0.371 e. The second kappa shape index (κ2) is 4.53. The Hall–Kier alpha value is -0.900. The summed E-state index contributed by atoms with van der Waals surface area (Å²) in [5.41, 5.74) is 0. The first-order chi connectivity index (χ1) is 7.30. The first-order valence-electron chi connectivity index (χ1n) is 3.86. The molecule has 9 heteroatoms. The van der Waals surface area contributed by atoms with E-state index in [1.54, 1.807) is 0 Å². The molecule has 16 heavy (non-hydrogen) atoms. The Morgan fingerprint density at radius 2 is 2.19 bits per heavy atom. The lowest BCUT2D eigenvalue weighted by atomic mass is 10.5. The van der Waals surface area contributed by atoms with E-state index >= 15 is 0 Å². The lowest BCUT2D eigenvalue weighted by molar-refractivity contribution is -0.0259. The van der Waals surface area contributed by atoms with Gasteiger partial charge in [-0.1, -0.05) is 4.47 Å². The predicted molar refractivity (Wildman–Crippen MR) is 55.3 cm³/mol. The molecule has 0 aromatic carbocycles. The number of hydroxylamine groups is 1. The van der Waals surface area contributed by atoms with Gasteiger partial charge in [-0.3, -0.25) is 4.84 Å². The van der Waals surface area contributed by atoms with Crippen LogP contribution in [0.3, 0.4) is 0 Å². The molecule has 0 aliphatic carbocycles. The summed E-state index contributed by atoms with van der Waals surface area (Å²) in [7, 11) is -1.58. The number of halogens is 1. The monoisotopic (exact) mass is 313 g/mol. The van der Waals surface area contributed by atoms with Crippen molar-refractivity contribution in [3.05, 3.63) is 16.5 Å². The summed E-state index contributed by atoms with van der Waals surface area (Å²) in [6.45, 7) is 0. The molecule has 1 aromatic heterocycles. The normalized spacial score (nSPS) is 12.0. The lowest BCUT2D eigenvalue weighted by Gasteiger charge is -2.12. The van der Waals surface area contributed by atoms with Crippen molar-refractivity contribution in [1.29, 1.82) is 0 Å². The van der Waals surface area contributed by atoms with Crippen LogP contribution in [0.15, 0.2) is 20.0 Å². The third kappa shape index (κ3) is 2.26. The van der Waals surface area contributed by atoms with Gasteiger partial charge in [0.15, 0.2) is 4.67 Å². The maximum atomic E-state index is 11.7. The highest BCUT2D eigenvalue weighted by atomic mass is 79.9. The van der Waals surface area contributed by atoms with Gasteiger partial charge in [-0.15, -0.1) is 0 Å².